The Morgan fingerprint density at radius 3 is 2.75 bits per heavy atom. The molecule has 1 heterocycles. The highest BCUT2D eigenvalue weighted by molar-refractivity contribution is 5.81. The topological polar surface area (TPSA) is 70.1 Å². The van der Waals surface area contributed by atoms with Gasteiger partial charge in [0.05, 0.1) is 19.1 Å². The van der Waals surface area contributed by atoms with E-state index < -0.39 is 5.97 Å². The molecule has 0 radical (unpaired) electrons. The fraction of sp³-hybridized carbons (Fsp3) is 0.556. The Labute approximate surface area is 143 Å². The number of rotatable bonds is 8. The third-order valence-electron chi connectivity index (χ3n) is 4.05. The minimum atomic E-state index is -0.980. The van der Waals surface area contributed by atoms with E-state index in [1.165, 1.54) is 10.5 Å². The van der Waals surface area contributed by atoms with Crippen LogP contribution < -0.4 is 0 Å². The molecule has 1 amide bonds. The van der Waals surface area contributed by atoms with E-state index in [0.717, 1.165) is 19.5 Å². The zero-order chi connectivity index (χ0) is 17.4. The Morgan fingerprint density at radius 1 is 1.33 bits per heavy atom. The molecule has 1 saturated heterocycles. The SMILES string of the molecule is CCCN(CC(=O)O)C(=O)CC1CN(Cc2ccccc2)CCO1. The normalized spacial score (nSPS) is 18.3. The third-order valence-corrected chi connectivity index (χ3v) is 4.05. The number of benzene rings is 1. The molecule has 1 aliphatic heterocycles. The summed E-state index contributed by atoms with van der Waals surface area (Å²) in [4.78, 5) is 26.9. The van der Waals surface area contributed by atoms with Crippen LogP contribution >= 0.6 is 0 Å². The van der Waals surface area contributed by atoms with Crippen molar-refractivity contribution in [3.63, 3.8) is 0 Å². The van der Waals surface area contributed by atoms with Crippen molar-refractivity contribution in [1.82, 2.24) is 9.80 Å². The smallest absolute Gasteiger partial charge is 0.323 e. The summed E-state index contributed by atoms with van der Waals surface area (Å²) < 4.78 is 5.71. The second-order valence-electron chi connectivity index (χ2n) is 6.13. The molecular formula is C18H26N2O4. The Kier molecular flexibility index (Phi) is 7.21. The molecule has 0 aromatic heterocycles. The number of hydrogen-bond donors (Lipinski definition) is 1. The van der Waals surface area contributed by atoms with Crippen LogP contribution in [-0.4, -0.2) is 65.7 Å². The van der Waals surface area contributed by atoms with Crippen LogP contribution in [0.5, 0.6) is 0 Å². The summed E-state index contributed by atoms with van der Waals surface area (Å²) in [5.74, 6) is -1.13. The molecule has 1 aromatic rings. The predicted octanol–water partition coefficient (Wildman–Crippen LogP) is 1.60. The molecule has 0 bridgehead atoms. The predicted molar refractivity (Wildman–Crippen MR) is 90.6 cm³/mol. The van der Waals surface area contributed by atoms with Gasteiger partial charge in [-0.3, -0.25) is 14.5 Å². The van der Waals surface area contributed by atoms with Gasteiger partial charge in [0.25, 0.3) is 0 Å². The van der Waals surface area contributed by atoms with Gasteiger partial charge in [0, 0.05) is 26.2 Å². The van der Waals surface area contributed by atoms with Crippen LogP contribution in [0.3, 0.4) is 0 Å². The van der Waals surface area contributed by atoms with Gasteiger partial charge < -0.3 is 14.7 Å². The lowest BCUT2D eigenvalue weighted by Crippen LogP contribution is -2.45. The first-order chi connectivity index (χ1) is 11.6. The van der Waals surface area contributed by atoms with Gasteiger partial charge in [-0.05, 0) is 12.0 Å². The van der Waals surface area contributed by atoms with Crippen molar-refractivity contribution in [3.8, 4) is 0 Å². The fourth-order valence-electron chi connectivity index (χ4n) is 2.94. The number of aliphatic carboxylic acids is 1. The van der Waals surface area contributed by atoms with Crippen molar-refractivity contribution >= 4 is 11.9 Å². The highest BCUT2D eigenvalue weighted by Gasteiger charge is 2.25. The summed E-state index contributed by atoms with van der Waals surface area (Å²) in [5.41, 5.74) is 1.24. The van der Waals surface area contributed by atoms with Gasteiger partial charge in [0.2, 0.25) is 5.91 Å². The number of ether oxygens (including phenoxy) is 1. The average molecular weight is 334 g/mol. The summed E-state index contributed by atoms with van der Waals surface area (Å²) in [6.45, 7) is 5.11. The van der Waals surface area contributed by atoms with Crippen molar-refractivity contribution in [2.75, 3.05) is 32.8 Å². The van der Waals surface area contributed by atoms with Gasteiger partial charge in [-0.15, -0.1) is 0 Å². The maximum atomic E-state index is 12.4. The number of carbonyl (C=O) groups excluding carboxylic acids is 1. The molecule has 1 N–H and O–H groups in total. The van der Waals surface area contributed by atoms with Gasteiger partial charge in [-0.25, -0.2) is 0 Å². The Morgan fingerprint density at radius 2 is 2.08 bits per heavy atom. The number of carboxylic acids is 1. The molecule has 132 valence electrons. The van der Waals surface area contributed by atoms with E-state index in [0.29, 0.717) is 19.7 Å². The first kappa shape index (κ1) is 18.4. The molecule has 0 aliphatic carbocycles. The molecule has 1 aliphatic rings. The lowest BCUT2D eigenvalue weighted by Gasteiger charge is -2.33. The molecule has 1 atom stereocenters. The zero-order valence-electron chi connectivity index (χ0n) is 14.2. The number of morpholine rings is 1. The molecule has 0 spiro atoms. The monoisotopic (exact) mass is 334 g/mol. The lowest BCUT2D eigenvalue weighted by molar-refractivity contribution is -0.146. The summed E-state index contributed by atoms with van der Waals surface area (Å²) in [5, 5.41) is 8.94. The maximum Gasteiger partial charge on any atom is 0.323 e. The third kappa shape index (κ3) is 5.94. The van der Waals surface area contributed by atoms with E-state index in [9.17, 15) is 9.59 Å². The molecule has 2 rings (SSSR count). The van der Waals surface area contributed by atoms with Crippen LogP contribution in [0.15, 0.2) is 30.3 Å². The van der Waals surface area contributed by atoms with Crippen molar-refractivity contribution in [1.29, 1.82) is 0 Å². The van der Waals surface area contributed by atoms with E-state index in [1.54, 1.807) is 0 Å². The van der Waals surface area contributed by atoms with Crippen molar-refractivity contribution < 1.29 is 19.4 Å². The van der Waals surface area contributed by atoms with E-state index in [4.69, 9.17) is 9.84 Å². The van der Waals surface area contributed by atoms with Crippen LogP contribution in [-0.2, 0) is 20.9 Å². The Hall–Kier alpha value is -1.92. The summed E-state index contributed by atoms with van der Waals surface area (Å²) in [6.07, 6.45) is 0.798. The number of hydrogen-bond acceptors (Lipinski definition) is 4. The van der Waals surface area contributed by atoms with Gasteiger partial charge >= 0.3 is 5.97 Å². The van der Waals surface area contributed by atoms with E-state index in [-0.39, 0.29) is 25.0 Å². The highest BCUT2D eigenvalue weighted by Crippen LogP contribution is 2.14. The minimum absolute atomic E-state index is 0.147. The van der Waals surface area contributed by atoms with Crippen LogP contribution in [0.2, 0.25) is 0 Å². The molecule has 0 saturated carbocycles. The van der Waals surface area contributed by atoms with Gasteiger partial charge in [0.15, 0.2) is 0 Å². The number of carboxylic acid groups (broad SMARTS) is 1. The number of amides is 1. The summed E-state index contributed by atoms with van der Waals surface area (Å²) in [6, 6.07) is 10.2. The molecule has 6 heteroatoms. The standard InChI is InChI=1S/C18H26N2O4/c1-2-8-20(14-18(22)23)17(21)11-16-13-19(9-10-24-16)12-15-6-4-3-5-7-15/h3-7,16H,2,8-14H2,1H3,(H,22,23). The van der Waals surface area contributed by atoms with Crippen molar-refractivity contribution in [2.24, 2.45) is 0 Å². The molecule has 6 nitrogen and oxygen atoms in total. The molecule has 1 fully saturated rings. The second kappa shape index (κ2) is 9.39. The van der Waals surface area contributed by atoms with E-state index in [2.05, 4.69) is 17.0 Å². The highest BCUT2D eigenvalue weighted by atomic mass is 16.5. The summed E-state index contributed by atoms with van der Waals surface area (Å²) in [7, 11) is 0. The maximum absolute atomic E-state index is 12.4. The zero-order valence-corrected chi connectivity index (χ0v) is 14.2. The number of carbonyl (C=O) groups is 2. The van der Waals surface area contributed by atoms with Crippen LogP contribution in [0.25, 0.3) is 0 Å². The molecule has 24 heavy (non-hydrogen) atoms. The lowest BCUT2D eigenvalue weighted by atomic mass is 10.1. The Bertz CT molecular complexity index is 535. The van der Waals surface area contributed by atoms with Crippen LogP contribution in [0.1, 0.15) is 25.3 Å². The van der Waals surface area contributed by atoms with E-state index >= 15 is 0 Å². The average Bonchev–Trinajstić information content (AvgIpc) is 2.55. The molecule has 1 aromatic carbocycles. The van der Waals surface area contributed by atoms with Crippen LogP contribution in [0.4, 0.5) is 0 Å². The molecular weight excluding hydrogens is 308 g/mol. The largest absolute Gasteiger partial charge is 0.480 e. The quantitative estimate of drug-likeness (QED) is 0.782. The van der Waals surface area contributed by atoms with Crippen LogP contribution in [0, 0.1) is 0 Å². The first-order valence-corrected chi connectivity index (χ1v) is 8.46. The Balaban J connectivity index is 1.87. The van der Waals surface area contributed by atoms with E-state index in [1.807, 2.05) is 25.1 Å². The van der Waals surface area contributed by atoms with Crippen molar-refractivity contribution in [2.45, 2.75) is 32.4 Å². The first-order valence-electron chi connectivity index (χ1n) is 8.46. The second-order valence-corrected chi connectivity index (χ2v) is 6.13. The minimum Gasteiger partial charge on any atom is -0.480 e. The fourth-order valence-corrected chi connectivity index (χ4v) is 2.94. The number of nitrogens with zero attached hydrogens (tertiary/aromatic N) is 2. The molecule has 1 unspecified atom stereocenters. The summed E-state index contributed by atoms with van der Waals surface area (Å²) >= 11 is 0. The van der Waals surface area contributed by atoms with Crippen molar-refractivity contribution in [3.05, 3.63) is 35.9 Å². The van der Waals surface area contributed by atoms with Gasteiger partial charge in [0.1, 0.15) is 6.54 Å². The van der Waals surface area contributed by atoms with Gasteiger partial charge in [-0.1, -0.05) is 37.3 Å². The van der Waals surface area contributed by atoms with Gasteiger partial charge in [-0.2, -0.15) is 0 Å².